The van der Waals surface area contributed by atoms with Crippen LogP contribution in [-0.4, -0.2) is 83.0 Å². The average molecular weight is 550 g/mol. The fourth-order valence-corrected chi connectivity index (χ4v) is 4.72. The molecule has 0 amide bonds. The molecule has 0 bridgehead atoms. The predicted octanol–water partition coefficient (Wildman–Crippen LogP) is 4.65. The van der Waals surface area contributed by atoms with E-state index in [1.165, 1.54) is 0 Å². The van der Waals surface area contributed by atoms with Crippen molar-refractivity contribution in [3.05, 3.63) is 75.8 Å². The van der Waals surface area contributed by atoms with E-state index in [2.05, 4.69) is 4.90 Å². The Labute approximate surface area is 223 Å². The first kappa shape index (κ1) is 27.9. The lowest BCUT2D eigenvalue weighted by molar-refractivity contribution is -0.134. The summed E-state index contributed by atoms with van der Waals surface area (Å²) in [4.78, 5) is 31.3. The van der Waals surface area contributed by atoms with Gasteiger partial charge in [-0.1, -0.05) is 41.4 Å². The van der Waals surface area contributed by atoms with Crippen LogP contribution in [0.3, 0.4) is 0 Å². The molecule has 4 rings (SSSR count). The van der Waals surface area contributed by atoms with Gasteiger partial charge in [0.25, 0.3) is 0 Å². The number of thioether (sulfide) groups is 1. The van der Waals surface area contributed by atoms with E-state index in [-0.39, 0.29) is 0 Å². The van der Waals surface area contributed by atoms with Crippen LogP contribution in [0.25, 0.3) is 0 Å². The molecule has 0 radical (unpaired) electrons. The van der Waals surface area contributed by atoms with Crippen molar-refractivity contribution in [1.29, 1.82) is 0 Å². The normalized spacial score (nSPS) is 15.7. The molecule has 2 aromatic carbocycles. The molecule has 2 N–H and O–H groups in total. The van der Waals surface area contributed by atoms with E-state index in [4.69, 9.17) is 48.1 Å². The van der Waals surface area contributed by atoms with Gasteiger partial charge in [-0.25, -0.2) is 14.6 Å². The van der Waals surface area contributed by atoms with Gasteiger partial charge in [0.15, 0.2) is 0 Å². The van der Waals surface area contributed by atoms with E-state index in [1.54, 1.807) is 11.8 Å². The largest absolute Gasteiger partial charge is 0.478 e. The van der Waals surface area contributed by atoms with Crippen LogP contribution in [-0.2, 0) is 14.3 Å². The van der Waals surface area contributed by atoms with Crippen molar-refractivity contribution in [3.63, 3.8) is 0 Å². The highest BCUT2D eigenvalue weighted by Gasteiger charge is 2.19. The molecule has 1 saturated heterocycles. The predicted molar refractivity (Wildman–Crippen MR) is 145 cm³/mol. The van der Waals surface area contributed by atoms with Crippen LogP contribution in [0.4, 0.5) is 5.69 Å². The third-order valence-electron chi connectivity index (χ3n) is 5.11. The molecule has 0 aromatic heterocycles. The van der Waals surface area contributed by atoms with Crippen LogP contribution in [0.2, 0.25) is 10.0 Å². The van der Waals surface area contributed by atoms with Gasteiger partial charge in [0.05, 0.1) is 36.2 Å². The van der Waals surface area contributed by atoms with Crippen LogP contribution in [0, 0.1) is 0 Å². The van der Waals surface area contributed by atoms with Crippen LogP contribution < -0.4 is 0 Å². The first-order chi connectivity index (χ1) is 17.3. The van der Waals surface area contributed by atoms with Crippen LogP contribution >= 0.6 is 35.0 Å². The molecular formula is C25H25Cl2N3O5S. The minimum atomic E-state index is -1.26. The smallest absolute Gasteiger partial charge is 0.328 e. The summed E-state index contributed by atoms with van der Waals surface area (Å²) in [5.41, 5.74) is 3.55. The number of rotatable bonds is 6. The Bertz CT molecular complexity index is 1160. The Morgan fingerprint density at radius 3 is 2.39 bits per heavy atom. The zero-order valence-corrected chi connectivity index (χ0v) is 21.6. The second-order valence-electron chi connectivity index (χ2n) is 7.62. The third kappa shape index (κ3) is 8.76. The maximum absolute atomic E-state index is 9.55. The lowest BCUT2D eigenvalue weighted by Crippen LogP contribution is -2.37. The van der Waals surface area contributed by atoms with Gasteiger partial charge in [0.2, 0.25) is 0 Å². The molecule has 2 aromatic rings. The second-order valence-corrected chi connectivity index (χ2v) is 9.64. The van der Waals surface area contributed by atoms with Crippen molar-refractivity contribution < 1.29 is 24.5 Å². The summed E-state index contributed by atoms with van der Waals surface area (Å²) in [6.45, 7) is 5.23. The van der Waals surface area contributed by atoms with Gasteiger partial charge in [-0.15, -0.1) is 11.8 Å². The van der Waals surface area contributed by atoms with Gasteiger partial charge >= 0.3 is 11.9 Å². The summed E-state index contributed by atoms with van der Waals surface area (Å²) in [6, 6.07) is 13.5. The quantitative estimate of drug-likeness (QED) is 0.504. The molecule has 2 aliphatic rings. The number of morpholine rings is 1. The standard InChI is InChI=1S/C21H21Cl2N3OS.C4H4O4/c22-15-5-6-19-17(13-15)21(16-3-1-2-4-18(16)23)24-14-20(25-19)28-12-9-26-7-10-27-11-8-26;5-3(6)1-2-4(7)8/h1-6,13H,7-12,14H2;1-2H,(H,5,6)(H,7,8). The number of nitrogens with zero attached hydrogens (tertiary/aromatic N) is 3. The summed E-state index contributed by atoms with van der Waals surface area (Å²) < 4.78 is 5.41. The summed E-state index contributed by atoms with van der Waals surface area (Å²) in [5, 5.41) is 18.0. The Balaban J connectivity index is 0.000000392. The number of halogens is 2. The Morgan fingerprint density at radius 1 is 1.03 bits per heavy atom. The highest BCUT2D eigenvalue weighted by atomic mass is 35.5. The SMILES string of the molecule is Clc1ccc2c(c1)C(c1ccccc1Cl)=NCC(SCCN1CCOCC1)=N2.O=C(O)C=CC(=O)O. The van der Waals surface area contributed by atoms with Crippen LogP contribution in [0.5, 0.6) is 0 Å². The number of carboxylic acid groups (broad SMARTS) is 2. The Kier molecular flexibility index (Phi) is 11.0. The fourth-order valence-electron chi connectivity index (χ4n) is 3.42. The van der Waals surface area contributed by atoms with E-state index >= 15 is 0 Å². The van der Waals surface area contributed by atoms with Gasteiger partial charge in [-0.2, -0.15) is 0 Å². The number of carboxylic acids is 2. The zero-order chi connectivity index (χ0) is 25.9. The summed E-state index contributed by atoms with van der Waals surface area (Å²) in [5.74, 6) is -1.53. The number of aliphatic imine (C=N–C) groups is 2. The van der Waals surface area contributed by atoms with Crippen molar-refractivity contribution >= 4 is 63.3 Å². The molecule has 36 heavy (non-hydrogen) atoms. The molecule has 0 spiro atoms. The molecule has 0 unspecified atom stereocenters. The third-order valence-corrected chi connectivity index (χ3v) is 6.61. The maximum atomic E-state index is 9.55. The van der Waals surface area contributed by atoms with E-state index in [0.29, 0.717) is 28.7 Å². The summed E-state index contributed by atoms with van der Waals surface area (Å²) in [7, 11) is 0. The minimum absolute atomic E-state index is 0.542. The molecule has 190 valence electrons. The maximum Gasteiger partial charge on any atom is 0.328 e. The number of aliphatic carboxylic acids is 2. The topological polar surface area (TPSA) is 112 Å². The van der Waals surface area contributed by atoms with E-state index in [9.17, 15) is 9.59 Å². The van der Waals surface area contributed by atoms with Crippen molar-refractivity contribution in [2.75, 3.05) is 45.1 Å². The molecular weight excluding hydrogens is 525 g/mol. The fraction of sp³-hybridized carbons (Fsp3) is 0.280. The van der Waals surface area contributed by atoms with Gasteiger partial charge in [-0.05, 0) is 24.3 Å². The highest BCUT2D eigenvalue weighted by Crippen LogP contribution is 2.31. The van der Waals surface area contributed by atoms with Crippen molar-refractivity contribution in [3.8, 4) is 0 Å². The number of carbonyl (C=O) groups is 2. The molecule has 0 aliphatic carbocycles. The lowest BCUT2D eigenvalue weighted by atomic mass is 10.0. The lowest BCUT2D eigenvalue weighted by Gasteiger charge is -2.26. The van der Waals surface area contributed by atoms with Crippen molar-refractivity contribution in [2.24, 2.45) is 9.98 Å². The molecule has 1 fully saturated rings. The first-order valence-electron chi connectivity index (χ1n) is 11.1. The number of benzene rings is 2. The van der Waals surface area contributed by atoms with Crippen molar-refractivity contribution in [2.45, 2.75) is 0 Å². The first-order valence-corrected chi connectivity index (χ1v) is 12.8. The number of hydrogen-bond donors (Lipinski definition) is 2. The van der Waals surface area contributed by atoms with E-state index in [0.717, 1.165) is 66.2 Å². The molecule has 0 atom stereocenters. The molecule has 11 heteroatoms. The second kappa shape index (κ2) is 14.2. The zero-order valence-electron chi connectivity index (χ0n) is 19.3. The van der Waals surface area contributed by atoms with Crippen LogP contribution in [0.1, 0.15) is 11.1 Å². The van der Waals surface area contributed by atoms with Crippen molar-refractivity contribution in [1.82, 2.24) is 4.90 Å². The molecule has 2 aliphatic heterocycles. The monoisotopic (exact) mass is 549 g/mol. The number of ether oxygens (including phenoxy) is 1. The van der Waals surface area contributed by atoms with Gasteiger partial charge in [0.1, 0.15) is 0 Å². The van der Waals surface area contributed by atoms with Gasteiger partial charge in [-0.3, -0.25) is 9.89 Å². The average Bonchev–Trinajstić information content (AvgIpc) is 3.03. The highest BCUT2D eigenvalue weighted by molar-refractivity contribution is 8.14. The minimum Gasteiger partial charge on any atom is -0.478 e. The summed E-state index contributed by atoms with van der Waals surface area (Å²) in [6.07, 6.45) is 1.12. The molecule has 2 heterocycles. The molecule has 0 saturated carbocycles. The van der Waals surface area contributed by atoms with Gasteiger partial charge in [0, 0.05) is 58.7 Å². The van der Waals surface area contributed by atoms with Gasteiger partial charge < -0.3 is 14.9 Å². The Hall–Kier alpha value is -2.69. The number of fused-ring (bicyclic) bond motifs is 1. The summed E-state index contributed by atoms with van der Waals surface area (Å²) >= 11 is 14.5. The van der Waals surface area contributed by atoms with E-state index < -0.39 is 11.9 Å². The van der Waals surface area contributed by atoms with Crippen LogP contribution in [0.15, 0.2) is 64.6 Å². The van der Waals surface area contributed by atoms with E-state index in [1.807, 2.05) is 42.5 Å². The number of hydrogen-bond acceptors (Lipinski definition) is 7. The Morgan fingerprint density at radius 2 is 1.72 bits per heavy atom. The molecule has 8 nitrogen and oxygen atoms in total.